The predicted molar refractivity (Wildman–Crippen MR) is 47.5 cm³/mol. The van der Waals surface area contributed by atoms with Crippen molar-refractivity contribution in [2.24, 2.45) is 0 Å². The second-order valence-corrected chi connectivity index (χ2v) is 4.21. The lowest BCUT2D eigenvalue weighted by Crippen LogP contribution is -2.06. The van der Waals surface area contributed by atoms with Crippen LogP contribution in [-0.4, -0.2) is 10.9 Å². The molecule has 1 N–H and O–H groups in total. The van der Waals surface area contributed by atoms with E-state index in [1.54, 1.807) is 11.3 Å². The fourth-order valence-electron chi connectivity index (χ4n) is 1.53. The largest absolute Gasteiger partial charge is 0.391 e. The molecule has 1 aliphatic rings. The van der Waals surface area contributed by atoms with Gasteiger partial charge in [0.25, 0.3) is 0 Å². The molecule has 2 nitrogen and oxygen atoms in total. The average molecular weight is 182 g/mol. The first-order chi connectivity index (χ1) is 5.81. The van der Waals surface area contributed by atoms with Crippen LogP contribution in [0.15, 0.2) is 6.07 Å². The molecule has 0 bridgehead atoms. The third-order valence-corrected chi connectivity index (χ3v) is 3.30. The molecule has 0 aromatic carbocycles. The normalized spacial score (nSPS) is 16.2. The van der Waals surface area contributed by atoms with Gasteiger partial charge in [0.15, 0.2) is 5.78 Å². The molecule has 0 atom stereocenters. The second-order valence-electron chi connectivity index (χ2n) is 2.98. The SMILES string of the molecule is O=C1CCCc2sc(CO)cc21. The molecule has 0 unspecified atom stereocenters. The number of aliphatic hydroxyl groups is 1. The summed E-state index contributed by atoms with van der Waals surface area (Å²) in [7, 11) is 0. The third-order valence-electron chi connectivity index (χ3n) is 2.12. The summed E-state index contributed by atoms with van der Waals surface area (Å²) < 4.78 is 0. The molecule has 0 aliphatic heterocycles. The van der Waals surface area contributed by atoms with Crippen molar-refractivity contribution in [3.05, 3.63) is 21.4 Å². The monoisotopic (exact) mass is 182 g/mol. The van der Waals surface area contributed by atoms with E-state index in [-0.39, 0.29) is 12.4 Å². The Morgan fingerprint density at radius 2 is 2.33 bits per heavy atom. The number of carbonyl (C=O) groups excluding carboxylic acids is 1. The number of ketones is 1. The summed E-state index contributed by atoms with van der Waals surface area (Å²) in [6.45, 7) is 0.0605. The second kappa shape index (κ2) is 2.99. The molecule has 1 aliphatic carbocycles. The van der Waals surface area contributed by atoms with Crippen molar-refractivity contribution in [1.82, 2.24) is 0 Å². The number of hydrogen-bond donors (Lipinski definition) is 1. The zero-order valence-electron chi connectivity index (χ0n) is 6.67. The van der Waals surface area contributed by atoms with Crippen LogP contribution in [0.2, 0.25) is 0 Å². The highest BCUT2D eigenvalue weighted by Gasteiger charge is 2.19. The van der Waals surface area contributed by atoms with Crippen molar-refractivity contribution >= 4 is 17.1 Å². The molecule has 1 aromatic heterocycles. The van der Waals surface area contributed by atoms with E-state index < -0.39 is 0 Å². The molecular formula is C9H10O2S. The van der Waals surface area contributed by atoms with E-state index in [1.807, 2.05) is 6.07 Å². The minimum absolute atomic E-state index is 0.0605. The number of thiophene rings is 1. The number of carbonyl (C=O) groups is 1. The third kappa shape index (κ3) is 1.19. The predicted octanol–water partition coefficient (Wildman–Crippen LogP) is 1.76. The number of Topliss-reactive ketones (excluding diaryl/α,β-unsaturated/α-hetero) is 1. The van der Waals surface area contributed by atoms with Crippen molar-refractivity contribution in [2.45, 2.75) is 25.9 Å². The highest BCUT2D eigenvalue weighted by Crippen LogP contribution is 2.29. The van der Waals surface area contributed by atoms with Crippen LogP contribution in [0.1, 0.15) is 33.0 Å². The summed E-state index contributed by atoms with van der Waals surface area (Å²) in [6.07, 6.45) is 2.65. The van der Waals surface area contributed by atoms with Crippen LogP contribution >= 0.6 is 11.3 Å². The van der Waals surface area contributed by atoms with Gasteiger partial charge in [0.05, 0.1) is 6.61 Å². The molecule has 3 heteroatoms. The van der Waals surface area contributed by atoms with Gasteiger partial charge < -0.3 is 5.11 Å². The molecule has 0 spiro atoms. The molecule has 0 radical (unpaired) electrons. The number of rotatable bonds is 1. The van der Waals surface area contributed by atoms with Crippen LogP contribution in [0.3, 0.4) is 0 Å². The number of aryl methyl sites for hydroxylation is 1. The zero-order chi connectivity index (χ0) is 8.55. The molecule has 0 saturated heterocycles. The first kappa shape index (κ1) is 7.95. The molecular weight excluding hydrogens is 172 g/mol. The number of fused-ring (bicyclic) bond motifs is 1. The zero-order valence-corrected chi connectivity index (χ0v) is 7.49. The average Bonchev–Trinajstić information content (AvgIpc) is 2.49. The smallest absolute Gasteiger partial charge is 0.164 e. The number of hydrogen-bond acceptors (Lipinski definition) is 3. The Hall–Kier alpha value is -0.670. The van der Waals surface area contributed by atoms with Gasteiger partial charge >= 0.3 is 0 Å². The Labute approximate surface area is 74.8 Å². The summed E-state index contributed by atoms with van der Waals surface area (Å²) in [5.74, 6) is 0.243. The van der Waals surface area contributed by atoms with Crippen molar-refractivity contribution in [3.63, 3.8) is 0 Å². The molecule has 0 fully saturated rings. The Morgan fingerprint density at radius 3 is 3.00 bits per heavy atom. The van der Waals surface area contributed by atoms with Gasteiger partial charge in [0.2, 0.25) is 0 Å². The molecule has 0 saturated carbocycles. The van der Waals surface area contributed by atoms with E-state index >= 15 is 0 Å². The fraction of sp³-hybridized carbons (Fsp3) is 0.444. The summed E-state index contributed by atoms with van der Waals surface area (Å²) in [6, 6.07) is 1.83. The van der Waals surface area contributed by atoms with Crippen LogP contribution < -0.4 is 0 Å². The maximum Gasteiger partial charge on any atom is 0.164 e. The van der Waals surface area contributed by atoms with Crippen molar-refractivity contribution in [3.8, 4) is 0 Å². The van der Waals surface area contributed by atoms with Crippen LogP contribution in [0.5, 0.6) is 0 Å². The van der Waals surface area contributed by atoms with Crippen LogP contribution in [-0.2, 0) is 13.0 Å². The topological polar surface area (TPSA) is 37.3 Å². The van der Waals surface area contributed by atoms with Gasteiger partial charge in [0.1, 0.15) is 0 Å². The maximum absolute atomic E-state index is 11.3. The van der Waals surface area contributed by atoms with E-state index in [9.17, 15) is 4.79 Å². The summed E-state index contributed by atoms with van der Waals surface area (Å²) in [5.41, 5.74) is 0.857. The summed E-state index contributed by atoms with van der Waals surface area (Å²) >= 11 is 1.57. The molecule has 1 heterocycles. The minimum Gasteiger partial charge on any atom is -0.391 e. The van der Waals surface area contributed by atoms with Crippen LogP contribution in [0.25, 0.3) is 0 Å². The fourth-order valence-corrected chi connectivity index (χ4v) is 2.61. The van der Waals surface area contributed by atoms with Crippen molar-refractivity contribution in [1.29, 1.82) is 0 Å². The van der Waals surface area contributed by atoms with E-state index in [2.05, 4.69) is 0 Å². The lowest BCUT2D eigenvalue weighted by atomic mass is 9.98. The Balaban J connectivity index is 2.43. The summed E-state index contributed by atoms with van der Waals surface area (Å²) in [5, 5.41) is 8.87. The van der Waals surface area contributed by atoms with Gasteiger partial charge in [-0.05, 0) is 18.9 Å². The molecule has 0 amide bonds. The molecule has 12 heavy (non-hydrogen) atoms. The highest BCUT2D eigenvalue weighted by atomic mass is 32.1. The molecule has 1 aromatic rings. The van der Waals surface area contributed by atoms with Crippen LogP contribution in [0, 0.1) is 0 Å². The maximum atomic E-state index is 11.3. The Bertz CT molecular complexity index is 314. The molecule has 64 valence electrons. The van der Waals surface area contributed by atoms with Crippen LogP contribution in [0.4, 0.5) is 0 Å². The lowest BCUT2D eigenvalue weighted by molar-refractivity contribution is 0.0973. The molecule has 2 rings (SSSR count). The van der Waals surface area contributed by atoms with E-state index in [1.165, 1.54) is 0 Å². The van der Waals surface area contributed by atoms with E-state index in [0.29, 0.717) is 6.42 Å². The standard InChI is InChI=1S/C9H10O2S/c10-5-6-4-7-8(11)2-1-3-9(7)12-6/h4,10H,1-3,5H2. The quantitative estimate of drug-likeness (QED) is 0.718. The highest BCUT2D eigenvalue weighted by molar-refractivity contribution is 7.12. The van der Waals surface area contributed by atoms with E-state index in [0.717, 1.165) is 28.2 Å². The van der Waals surface area contributed by atoms with Gasteiger partial charge in [-0.2, -0.15) is 0 Å². The van der Waals surface area contributed by atoms with Gasteiger partial charge in [-0.15, -0.1) is 11.3 Å². The van der Waals surface area contributed by atoms with Crippen molar-refractivity contribution < 1.29 is 9.90 Å². The Kier molecular flexibility index (Phi) is 1.98. The van der Waals surface area contributed by atoms with Gasteiger partial charge in [-0.3, -0.25) is 4.79 Å². The summed E-state index contributed by atoms with van der Waals surface area (Å²) in [4.78, 5) is 13.4. The minimum atomic E-state index is 0.0605. The van der Waals surface area contributed by atoms with Crippen molar-refractivity contribution in [2.75, 3.05) is 0 Å². The number of aliphatic hydroxyl groups excluding tert-OH is 1. The van der Waals surface area contributed by atoms with Gasteiger partial charge in [-0.1, -0.05) is 0 Å². The van der Waals surface area contributed by atoms with E-state index in [4.69, 9.17) is 5.11 Å². The first-order valence-electron chi connectivity index (χ1n) is 4.07. The lowest BCUT2D eigenvalue weighted by Gasteiger charge is -2.07. The van der Waals surface area contributed by atoms with Gasteiger partial charge in [-0.25, -0.2) is 0 Å². The Morgan fingerprint density at radius 1 is 1.50 bits per heavy atom. The van der Waals surface area contributed by atoms with Gasteiger partial charge in [0, 0.05) is 21.7 Å². The first-order valence-corrected chi connectivity index (χ1v) is 4.88.